The molecular formula is C52H96NNaO32S2. The van der Waals surface area contributed by atoms with Crippen molar-refractivity contribution in [2.45, 2.75) is 174 Å². The van der Waals surface area contributed by atoms with E-state index in [1.54, 1.807) is 0 Å². The van der Waals surface area contributed by atoms with E-state index in [0.717, 1.165) is 17.9 Å². The summed E-state index contributed by atoms with van der Waals surface area (Å²) in [5.41, 5.74) is 1.32. The van der Waals surface area contributed by atoms with E-state index < -0.39 is 155 Å². The Bertz CT molecular complexity index is 2080. The molecule has 0 radical (unpaired) electrons. The normalized spacial score (nSPS) is 33.1. The number of nitrogens with two attached hydrogens (primary N) is 1. The van der Waals surface area contributed by atoms with Crippen LogP contribution in [0.2, 0.25) is 0 Å². The summed E-state index contributed by atoms with van der Waals surface area (Å²) < 4.78 is 145. The Labute approximate surface area is 536 Å². The Kier molecular flexibility index (Phi) is 42.6. The summed E-state index contributed by atoms with van der Waals surface area (Å²) in [7, 11) is 4.62. The number of ether oxygens (including phenoxy) is 16. The van der Waals surface area contributed by atoms with Crippen LogP contribution in [0.3, 0.4) is 0 Å². The number of hydrogen-bond acceptors (Lipinski definition) is 32. The number of rotatable bonds is 28. The number of aliphatic hydroxyl groups is 10. The predicted molar refractivity (Wildman–Crippen MR) is 296 cm³/mol. The van der Waals surface area contributed by atoms with Crippen molar-refractivity contribution in [3.8, 4) is 11.5 Å². The van der Waals surface area contributed by atoms with Crippen LogP contribution in [0.4, 0.5) is 0 Å². The van der Waals surface area contributed by atoms with Crippen LogP contribution < -0.4 is 44.3 Å². The van der Waals surface area contributed by atoms with E-state index in [9.17, 15) is 66.8 Å². The van der Waals surface area contributed by atoms with Gasteiger partial charge in [0.1, 0.15) is 97.7 Å². The van der Waals surface area contributed by atoms with Crippen LogP contribution in [0.5, 0.6) is 11.5 Å². The van der Waals surface area contributed by atoms with Gasteiger partial charge in [-0.05, 0) is 49.8 Å². The summed E-state index contributed by atoms with van der Waals surface area (Å²) in [6.07, 6.45) is -15.5. The molecule has 4 fully saturated rings. The zero-order valence-electron chi connectivity index (χ0n) is 51.8. The van der Waals surface area contributed by atoms with Gasteiger partial charge < -0.3 is 141 Å². The molecule has 1 aromatic carbocycles. The number of unbranched alkanes of at least 4 members (excludes halogenated alkanes) is 2. The van der Waals surface area contributed by atoms with Crippen LogP contribution in [-0.2, 0) is 93.0 Å². The van der Waals surface area contributed by atoms with Crippen molar-refractivity contribution in [3.63, 3.8) is 0 Å². The first-order chi connectivity index (χ1) is 41.2. The first-order valence-electron chi connectivity index (χ1n) is 27.9. The van der Waals surface area contributed by atoms with Gasteiger partial charge in [0, 0.05) is 88.0 Å². The monoisotopic (exact) mass is 1330 g/mol. The molecule has 1 aromatic rings. The minimum absolute atomic E-state index is 0. The van der Waals surface area contributed by atoms with Crippen molar-refractivity contribution in [2.24, 2.45) is 0 Å². The molecule has 0 bridgehead atoms. The van der Waals surface area contributed by atoms with Gasteiger partial charge in [0.25, 0.3) is 0 Å². The maximum atomic E-state index is 10.4. The van der Waals surface area contributed by atoms with E-state index in [1.165, 1.54) is 68.9 Å². The van der Waals surface area contributed by atoms with Gasteiger partial charge in [-0.3, -0.25) is 0 Å². The molecule has 6 rings (SSSR count). The maximum Gasteiger partial charge on any atom is 1.00 e. The molecule has 21 unspecified atom stereocenters. The summed E-state index contributed by atoms with van der Waals surface area (Å²) in [5.74, 6) is 0.909. The molecule has 36 heteroatoms. The number of hydrogen-bond donors (Lipinski definition) is 11. The molecule has 12 N–H and O–H groups in total. The van der Waals surface area contributed by atoms with Crippen molar-refractivity contribution in [2.75, 3.05) is 122 Å². The molecule has 33 nitrogen and oxygen atoms in total. The molecule has 0 saturated carbocycles. The second-order valence-electron chi connectivity index (χ2n) is 20.2. The van der Waals surface area contributed by atoms with Crippen molar-refractivity contribution in [1.82, 2.24) is 0 Å². The van der Waals surface area contributed by atoms with E-state index in [4.69, 9.17) is 86.0 Å². The van der Waals surface area contributed by atoms with Gasteiger partial charge in [-0.2, -0.15) is 0 Å². The third-order valence-corrected chi connectivity index (χ3v) is 15.9. The molecule has 0 amide bonds. The van der Waals surface area contributed by atoms with E-state index in [1.807, 2.05) is 6.07 Å². The quantitative estimate of drug-likeness (QED) is 0.0211. The van der Waals surface area contributed by atoms with Crippen molar-refractivity contribution in [3.05, 3.63) is 23.8 Å². The van der Waals surface area contributed by atoms with Crippen LogP contribution >= 0.6 is 0 Å². The van der Waals surface area contributed by atoms with E-state index in [2.05, 4.69) is 31.4 Å². The molecule has 514 valence electrons. The Morgan fingerprint density at radius 3 is 1.14 bits per heavy atom. The smallest absolute Gasteiger partial charge is 0.748 e. The molecule has 5 aliphatic heterocycles. The number of fused-ring (bicyclic) bond motifs is 1. The molecule has 88 heavy (non-hydrogen) atoms. The Morgan fingerprint density at radius 2 is 0.841 bits per heavy atom. The Morgan fingerprint density at radius 1 is 0.511 bits per heavy atom. The predicted octanol–water partition coefficient (Wildman–Crippen LogP) is -9.02. The first kappa shape index (κ1) is 84.7. The number of likely N-dealkylation sites (N-methyl/N-ethyl adjacent to an activating group) is 1. The van der Waals surface area contributed by atoms with Crippen molar-refractivity contribution in [1.29, 1.82) is 0 Å². The summed E-state index contributed by atoms with van der Waals surface area (Å²) in [5, 5.41) is 97.8. The molecule has 0 aliphatic carbocycles. The van der Waals surface area contributed by atoms with E-state index >= 15 is 0 Å². The molecule has 5 aliphatic rings. The molecule has 5 heterocycles. The van der Waals surface area contributed by atoms with Gasteiger partial charge in [0.2, 0.25) is 6.79 Å². The van der Waals surface area contributed by atoms with E-state index in [0.29, 0.717) is 25.7 Å². The third kappa shape index (κ3) is 27.9. The Hall–Kier alpha value is -1.36. The van der Waals surface area contributed by atoms with Crippen LogP contribution in [0.1, 0.15) is 44.6 Å². The summed E-state index contributed by atoms with van der Waals surface area (Å²) in [4.78, 5) is 0. The fraction of sp³-hybridized carbons (Fsp3) is 0.885. The molecule has 21 atom stereocenters. The second kappa shape index (κ2) is 44.3. The van der Waals surface area contributed by atoms with Gasteiger partial charge in [0.05, 0.1) is 59.8 Å². The third-order valence-electron chi connectivity index (χ3n) is 14.3. The number of quaternary nitrogens is 1. The van der Waals surface area contributed by atoms with Gasteiger partial charge >= 0.3 is 29.6 Å². The van der Waals surface area contributed by atoms with E-state index in [-0.39, 0.29) is 82.0 Å². The summed E-state index contributed by atoms with van der Waals surface area (Å²) >= 11 is 0. The maximum absolute atomic E-state index is 10.4. The first-order valence-corrected chi connectivity index (χ1v) is 31.1. The van der Waals surface area contributed by atoms with Crippen LogP contribution in [0.15, 0.2) is 18.2 Å². The molecular weight excluding hydrogens is 1240 g/mol. The van der Waals surface area contributed by atoms with Crippen LogP contribution in [0.25, 0.3) is 0 Å². The summed E-state index contributed by atoms with van der Waals surface area (Å²) in [6, 6.07) is 6.87. The molecule has 0 aromatic heterocycles. The molecule has 0 spiro atoms. The average molecular weight is 1330 g/mol. The van der Waals surface area contributed by atoms with Gasteiger partial charge in [-0.1, -0.05) is 13.0 Å². The fourth-order valence-corrected chi connectivity index (χ4v) is 10.5. The fourth-order valence-electron chi connectivity index (χ4n) is 9.36. The zero-order chi connectivity index (χ0) is 65.6. The average Bonchev–Trinajstić information content (AvgIpc) is 1.52. The topological polar surface area (TPSA) is 481 Å². The SMILES string of the molecule is CCC(Cc1ccc2c(c1)OCO2)[NH2+]C.COC1OC(CO)C(OC)C(O)C1O.COC1OC(CO)C(OC)C(O)C1O.COC1OC(COCCCCS(=O)(=O)[O-])C(OC)C(O)C1O.COC1OC(COCCCCS(=O)(=O)[O-])C(OC)C(O)C1O.[Na+]. The van der Waals surface area contributed by atoms with Gasteiger partial charge in [0.15, 0.2) is 36.7 Å². The van der Waals surface area contributed by atoms with Crippen LogP contribution in [-0.4, -0.2) is 328 Å². The minimum Gasteiger partial charge on any atom is -0.748 e. The zero-order valence-corrected chi connectivity index (χ0v) is 55.4. The minimum atomic E-state index is -4.20. The number of benzene rings is 1. The van der Waals surface area contributed by atoms with Crippen LogP contribution in [0, 0.1) is 0 Å². The van der Waals surface area contributed by atoms with Gasteiger partial charge in [-0.15, -0.1) is 0 Å². The summed E-state index contributed by atoms with van der Waals surface area (Å²) in [6.45, 7) is 2.60. The van der Waals surface area contributed by atoms with Crippen molar-refractivity contribution < 1.29 is 188 Å². The Balaban J connectivity index is 0.000000556. The number of aliphatic hydroxyl groups excluding tert-OH is 10. The standard InChI is InChI=1S/C12H17NO2.2C12H24O9S.2C8H16O6.Na/c1-3-10(13-2)6-9-4-5-11-12(7-9)15-8-14-11;2*1-18-11-8(21-12(19-2)10(14)9(11)13)7-20-5-3-4-6-22(15,16)17;2*1-12-7-4(3-9)14-8(13-2)6(11)5(7)10;/h4-5,7,10,13H,3,6,8H2,1-2H3;2*8-14H,3-7H2,1-2H3,(H,15,16,17);2*4-11H,3H2,1-2H3;/q;;;;;+1/p-1. The second-order valence-corrected chi connectivity index (χ2v) is 23.2. The molecule has 4 saturated heterocycles. The van der Waals surface area contributed by atoms with Gasteiger partial charge in [-0.25, -0.2) is 16.8 Å². The number of methoxy groups -OCH3 is 8. The van der Waals surface area contributed by atoms with Crippen molar-refractivity contribution >= 4 is 20.2 Å². The largest absolute Gasteiger partial charge is 1.00 e.